The lowest BCUT2D eigenvalue weighted by Gasteiger charge is -2.14. The predicted octanol–water partition coefficient (Wildman–Crippen LogP) is 3.41. The Labute approximate surface area is 108 Å². The van der Waals surface area contributed by atoms with Crippen LogP contribution in [0.5, 0.6) is 0 Å². The van der Waals surface area contributed by atoms with Crippen LogP contribution >= 0.6 is 0 Å². The second-order valence-corrected chi connectivity index (χ2v) is 5.44. The summed E-state index contributed by atoms with van der Waals surface area (Å²) in [5.41, 5.74) is 2.45. The van der Waals surface area contributed by atoms with Crippen molar-refractivity contribution in [1.29, 1.82) is 0 Å². The molecule has 0 unspecified atom stereocenters. The van der Waals surface area contributed by atoms with Gasteiger partial charge in [0.25, 0.3) is 0 Å². The van der Waals surface area contributed by atoms with Crippen molar-refractivity contribution < 1.29 is 0 Å². The number of pyridine rings is 1. The van der Waals surface area contributed by atoms with Gasteiger partial charge in [-0.15, -0.1) is 0 Å². The number of H-pyrrole nitrogens is 1. The molecule has 2 N–H and O–H groups in total. The lowest BCUT2D eigenvalue weighted by atomic mass is 9.92. The fourth-order valence-electron chi connectivity index (χ4n) is 1.66. The molecule has 0 saturated carbocycles. The van der Waals surface area contributed by atoms with Gasteiger partial charge in [0.2, 0.25) is 0 Å². The van der Waals surface area contributed by atoms with E-state index in [9.17, 15) is 0 Å². The van der Waals surface area contributed by atoms with Crippen LogP contribution in [0, 0.1) is 0 Å². The average Bonchev–Trinajstić information content (AvgIpc) is 2.77. The van der Waals surface area contributed by atoms with Crippen molar-refractivity contribution in [3.8, 4) is 0 Å². The van der Waals surface area contributed by atoms with E-state index >= 15 is 0 Å². The van der Waals surface area contributed by atoms with Crippen LogP contribution < -0.4 is 5.32 Å². The third kappa shape index (κ3) is 2.88. The quantitative estimate of drug-likeness (QED) is 0.870. The Morgan fingerprint density at radius 2 is 2.00 bits per heavy atom. The number of aryl methyl sites for hydroxylation is 1. The fourth-order valence-corrected chi connectivity index (χ4v) is 1.66. The Morgan fingerprint density at radius 1 is 1.22 bits per heavy atom. The number of hydrogen-bond donors (Lipinski definition) is 2. The first-order chi connectivity index (χ1) is 8.49. The van der Waals surface area contributed by atoms with E-state index in [2.05, 4.69) is 48.2 Å². The van der Waals surface area contributed by atoms with Crippen molar-refractivity contribution in [1.82, 2.24) is 15.2 Å². The summed E-state index contributed by atoms with van der Waals surface area (Å²) in [5.74, 6) is 1.64. The number of anilines is 2. The Bertz CT molecular complexity index is 523. The van der Waals surface area contributed by atoms with Crippen molar-refractivity contribution in [2.75, 3.05) is 5.32 Å². The molecule has 0 atom stereocenters. The van der Waals surface area contributed by atoms with Gasteiger partial charge in [0, 0.05) is 23.4 Å². The van der Waals surface area contributed by atoms with Gasteiger partial charge in [-0.25, -0.2) is 4.98 Å². The van der Waals surface area contributed by atoms with Gasteiger partial charge in [0.1, 0.15) is 5.82 Å². The third-order valence-electron chi connectivity index (χ3n) is 2.87. The third-order valence-corrected chi connectivity index (χ3v) is 2.87. The van der Waals surface area contributed by atoms with E-state index in [4.69, 9.17) is 0 Å². The highest BCUT2D eigenvalue weighted by atomic mass is 15.2. The molecular weight excluding hydrogens is 224 g/mol. The second kappa shape index (κ2) is 4.80. The standard InChI is InChI=1S/C14H20N4/c1-5-10-6-7-15-12(8-10)16-13-9-11(17-18-13)14(2,3)4/h6-9H,5H2,1-4H3,(H2,15,16,17,18). The Hall–Kier alpha value is -1.84. The Morgan fingerprint density at radius 3 is 2.61 bits per heavy atom. The number of rotatable bonds is 3. The number of aromatic nitrogens is 3. The maximum Gasteiger partial charge on any atom is 0.153 e. The van der Waals surface area contributed by atoms with Crippen LogP contribution in [0.1, 0.15) is 39.0 Å². The summed E-state index contributed by atoms with van der Waals surface area (Å²) in [7, 11) is 0. The maximum atomic E-state index is 4.29. The van der Waals surface area contributed by atoms with Crippen LogP contribution in [-0.4, -0.2) is 15.2 Å². The molecule has 0 bridgehead atoms. The monoisotopic (exact) mass is 244 g/mol. The summed E-state index contributed by atoms with van der Waals surface area (Å²) < 4.78 is 0. The van der Waals surface area contributed by atoms with E-state index in [0.717, 1.165) is 23.8 Å². The van der Waals surface area contributed by atoms with E-state index in [1.54, 1.807) is 0 Å². The van der Waals surface area contributed by atoms with Crippen molar-refractivity contribution in [3.05, 3.63) is 35.7 Å². The lowest BCUT2D eigenvalue weighted by Crippen LogP contribution is -2.11. The van der Waals surface area contributed by atoms with E-state index in [-0.39, 0.29) is 5.41 Å². The molecule has 2 heterocycles. The molecule has 96 valence electrons. The molecule has 0 fully saturated rings. The number of aromatic amines is 1. The molecule has 0 aliphatic heterocycles. The molecular formula is C14H20N4. The van der Waals surface area contributed by atoms with Gasteiger partial charge in [-0.05, 0) is 24.1 Å². The molecule has 2 aromatic rings. The van der Waals surface area contributed by atoms with Gasteiger partial charge in [-0.3, -0.25) is 5.10 Å². The maximum absolute atomic E-state index is 4.29. The zero-order valence-electron chi connectivity index (χ0n) is 11.4. The molecule has 2 rings (SSSR count). The van der Waals surface area contributed by atoms with Gasteiger partial charge < -0.3 is 5.32 Å². The molecule has 0 saturated heterocycles. The van der Waals surface area contributed by atoms with Crippen molar-refractivity contribution >= 4 is 11.6 Å². The summed E-state index contributed by atoms with van der Waals surface area (Å²) >= 11 is 0. The average molecular weight is 244 g/mol. The molecule has 0 aliphatic rings. The molecule has 0 amide bonds. The smallest absolute Gasteiger partial charge is 0.153 e. The van der Waals surface area contributed by atoms with E-state index in [1.807, 2.05) is 24.4 Å². The molecule has 4 heteroatoms. The first-order valence-electron chi connectivity index (χ1n) is 6.27. The van der Waals surface area contributed by atoms with Gasteiger partial charge in [-0.2, -0.15) is 5.10 Å². The van der Waals surface area contributed by atoms with Gasteiger partial charge >= 0.3 is 0 Å². The molecule has 2 aromatic heterocycles. The van der Waals surface area contributed by atoms with Gasteiger partial charge in [0.05, 0.1) is 0 Å². The molecule has 18 heavy (non-hydrogen) atoms. The molecule has 0 aromatic carbocycles. The Kier molecular flexibility index (Phi) is 3.36. The van der Waals surface area contributed by atoms with Crippen LogP contribution in [0.3, 0.4) is 0 Å². The highest BCUT2D eigenvalue weighted by Gasteiger charge is 2.16. The molecule has 4 nitrogen and oxygen atoms in total. The zero-order chi connectivity index (χ0) is 13.2. The topological polar surface area (TPSA) is 53.6 Å². The van der Waals surface area contributed by atoms with Crippen molar-refractivity contribution in [2.45, 2.75) is 39.5 Å². The van der Waals surface area contributed by atoms with Crippen LogP contribution in [0.25, 0.3) is 0 Å². The van der Waals surface area contributed by atoms with Crippen LogP contribution in [0.15, 0.2) is 24.4 Å². The van der Waals surface area contributed by atoms with E-state index in [0.29, 0.717) is 0 Å². The van der Waals surface area contributed by atoms with Gasteiger partial charge in [0.15, 0.2) is 5.82 Å². The van der Waals surface area contributed by atoms with Crippen LogP contribution in [-0.2, 0) is 11.8 Å². The lowest BCUT2D eigenvalue weighted by molar-refractivity contribution is 0.567. The van der Waals surface area contributed by atoms with E-state index in [1.165, 1.54) is 5.56 Å². The summed E-state index contributed by atoms with van der Waals surface area (Å²) in [5, 5.41) is 10.5. The number of nitrogens with one attached hydrogen (secondary N) is 2. The largest absolute Gasteiger partial charge is 0.323 e. The second-order valence-electron chi connectivity index (χ2n) is 5.44. The molecule has 0 aliphatic carbocycles. The van der Waals surface area contributed by atoms with Crippen molar-refractivity contribution in [2.24, 2.45) is 0 Å². The summed E-state index contributed by atoms with van der Waals surface area (Å²) in [6.07, 6.45) is 2.82. The zero-order valence-corrected chi connectivity index (χ0v) is 11.4. The number of hydrogen-bond acceptors (Lipinski definition) is 3. The van der Waals surface area contributed by atoms with Crippen LogP contribution in [0.2, 0.25) is 0 Å². The minimum Gasteiger partial charge on any atom is -0.323 e. The molecule has 0 spiro atoms. The van der Waals surface area contributed by atoms with Crippen LogP contribution in [0.4, 0.5) is 11.6 Å². The Balaban J connectivity index is 2.16. The first kappa shape index (κ1) is 12.6. The highest BCUT2D eigenvalue weighted by Crippen LogP contribution is 2.23. The SMILES string of the molecule is CCc1ccnc(Nc2cc(C(C)(C)C)[nH]n2)c1. The highest BCUT2D eigenvalue weighted by molar-refractivity contribution is 5.52. The normalized spacial score (nSPS) is 11.6. The first-order valence-corrected chi connectivity index (χ1v) is 6.27. The minimum absolute atomic E-state index is 0.0750. The van der Waals surface area contributed by atoms with Gasteiger partial charge in [-0.1, -0.05) is 27.7 Å². The fraction of sp³-hybridized carbons (Fsp3) is 0.429. The predicted molar refractivity (Wildman–Crippen MR) is 74.2 cm³/mol. The van der Waals surface area contributed by atoms with E-state index < -0.39 is 0 Å². The summed E-state index contributed by atoms with van der Waals surface area (Å²) in [4.78, 5) is 4.29. The van der Waals surface area contributed by atoms with Crippen molar-refractivity contribution in [3.63, 3.8) is 0 Å². The minimum atomic E-state index is 0.0750. The summed E-state index contributed by atoms with van der Waals surface area (Å²) in [6.45, 7) is 8.59. The number of nitrogens with zero attached hydrogens (tertiary/aromatic N) is 2. The molecule has 0 radical (unpaired) electrons. The summed E-state index contributed by atoms with van der Waals surface area (Å²) in [6, 6.07) is 6.10.